The monoisotopic (exact) mass is 352 g/mol. The van der Waals surface area contributed by atoms with E-state index >= 15 is 0 Å². The molecule has 124 valence electrons. The third-order valence-electron chi connectivity index (χ3n) is 3.46. The fourth-order valence-electron chi connectivity index (χ4n) is 1.98. The summed E-state index contributed by atoms with van der Waals surface area (Å²) in [5.74, 6) is 0.658. The molecule has 2 aromatic heterocycles. The van der Waals surface area contributed by atoms with Gasteiger partial charge in [-0.25, -0.2) is 0 Å². The molecule has 0 aliphatic carbocycles. The maximum Gasteiger partial charge on any atom is 0.253 e. The number of aromatic amines is 1. The smallest absolute Gasteiger partial charge is 0.253 e. The summed E-state index contributed by atoms with van der Waals surface area (Å²) in [7, 11) is 0. The van der Waals surface area contributed by atoms with Gasteiger partial charge in [0.15, 0.2) is 0 Å². The van der Waals surface area contributed by atoms with Gasteiger partial charge in [-0.05, 0) is 32.4 Å². The van der Waals surface area contributed by atoms with Crippen molar-refractivity contribution < 1.29 is 4.79 Å². The standard InChI is InChI=1S/C16H21ClN4OS/c1-4-10(3)19-16(22)12(5-2)13-8-15(21-20-13)18-9-11-6-7-14(17)23-11/h5-8,10H,4,9H2,1-3H3,(H,19,22)(H2,18,20,21)/b12-5-. The van der Waals surface area contributed by atoms with E-state index in [1.165, 1.54) is 11.3 Å². The van der Waals surface area contributed by atoms with Crippen LogP contribution in [0.15, 0.2) is 24.3 Å². The van der Waals surface area contributed by atoms with Gasteiger partial charge in [0.1, 0.15) is 5.82 Å². The second-order valence-electron chi connectivity index (χ2n) is 5.21. The van der Waals surface area contributed by atoms with Crippen molar-refractivity contribution in [2.75, 3.05) is 5.32 Å². The Bertz CT molecular complexity index is 692. The molecule has 5 nitrogen and oxygen atoms in total. The number of aromatic nitrogens is 2. The van der Waals surface area contributed by atoms with E-state index in [0.717, 1.165) is 21.5 Å². The first kappa shape index (κ1) is 17.6. The van der Waals surface area contributed by atoms with Crippen molar-refractivity contribution in [3.8, 4) is 0 Å². The number of anilines is 1. The van der Waals surface area contributed by atoms with Gasteiger partial charge in [-0.15, -0.1) is 11.3 Å². The number of hydrogen-bond donors (Lipinski definition) is 3. The van der Waals surface area contributed by atoms with Crippen molar-refractivity contribution in [1.29, 1.82) is 0 Å². The number of halogens is 1. The van der Waals surface area contributed by atoms with E-state index in [9.17, 15) is 4.79 Å². The number of hydrogen-bond acceptors (Lipinski definition) is 4. The Labute approximate surface area is 145 Å². The quantitative estimate of drug-likeness (QED) is 0.658. The number of allylic oxidation sites excluding steroid dienone is 1. The first-order chi connectivity index (χ1) is 11.0. The van der Waals surface area contributed by atoms with Gasteiger partial charge < -0.3 is 10.6 Å². The molecule has 2 rings (SSSR count). The van der Waals surface area contributed by atoms with Crippen LogP contribution < -0.4 is 10.6 Å². The van der Waals surface area contributed by atoms with Crippen LogP contribution in [0.25, 0.3) is 5.57 Å². The predicted octanol–water partition coefficient (Wildman–Crippen LogP) is 4.05. The van der Waals surface area contributed by atoms with E-state index in [2.05, 4.69) is 20.8 Å². The number of carbonyl (C=O) groups excluding carboxylic acids is 1. The van der Waals surface area contributed by atoms with Crippen LogP contribution in [0, 0.1) is 0 Å². The Kier molecular flexibility index (Phi) is 6.24. The molecule has 0 bridgehead atoms. The molecule has 0 spiro atoms. The highest BCUT2D eigenvalue weighted by Gasteiger charge is 2.16. The van der Waals surface area contributed by atoms with Crippen molar-refractivity contribution >= 4 is 40.2 Å². The number of thiophene rings is 1. The summed E-state index contributed by atoms with van der Waals surface area (Å²) < 4.78 is 0.769. The molecule has 23 heavy (non-hydrogen) atoms. The molecule has 1 unspecified atom stereocenters. The van der Waals surface area contributed by atoms with Gasteiger partial charge in [-0.2, -0.15) is 5.10 Å². The highest BCUT2D eigenvalue weighted by atomic mass is 35.5. The van der Waals surface area contributed by atoms with Crippen LogP contribution in [0.2, 0.25) is 4.34 Å². The molecule has 1 amide bonds. The van der Waals surface area contributed by atoms with Crippen LogP contribution in [0.1, 0.15) is 37.8 Å². The van der Waals surface area contributed by atoms with E-state index in [-0.39, 0.29) is 11.9 Å². The molecule has 2 aromatic rings. The normalized spacial score (nSPS) is 13.0. The molecule has 2 heterocycles. The molecule has 7 heteroatoms. The number of rotatable bonds is 7. The summed E-state index contributed by atoms with van der Waals surface area (Å²) in [6.45, 7) is 6.51. The third-order valence-corrected chi connectivity index (χ3v) is 4.69. The fourth-order valence-corrected chi connectivity index (χ4v) is 3.01. The maximum absolute atomic E-state index is 12.3. The summed E-state index contributed by atoms with van der Waals surface area (Å²) in [4.78, 5) is 13.4. The van der Waals surface area contributed by atoms with Gasteiger partial charge in [0, 0.05) is 17.0 Å². The zero-order chi connectivity index (χ0) is 16.8. The van der Waals surface area contributed by atoms with E-state index < -0.39 is 0 Å². The predicted molar refractivity (Wildman–Crippen MR) is 96.8 cm³/mol. The van der Waals surface area contributed by atoms with Gasteiger partial charge in [-0.1, -0.05) is 24.6 Å². The molecule has 0 aliphatic heterocycles. The highest BCUT2D eigenvalue weighted by molar-refractivity contribution is 7.16. The first-order valence-electron chi connectivity index (χ1n) is 7.54. The molecule has 0 saturated heterocycles. The largest absolute Gasteiger partial charge is 0.366 e. The molecule has 0 aliphatic rings. The average molecular weight is 353 g/mol. The summed E-state index contributed by atoms with van der Waals surface area (Å²) in [5, 5.41) is 13.3. The zero-order valence-electron chi connectivity index (χ0n) is 13.4. The zero-order valence-corrected chi connectivity index (χ0v) is 15.0. The van der Waals surface area contributed by atoms with Crippen molar-refractivity contribution in [3.05, 3.63) is 39.2 Å². The Morgan fingerprint density at radius 2 is 2.30 bits per heavy atom. The Morgan fingerprint density at radius 1 is 1.52 bits per heavy atom. The van der Waals surface area contributed by atoms with Crippen LogP contribution >= 0.6 is 22.9 Å². The topological polar surface area (TPSA) is 69.8 Å². The Hall–Kier alpha value is -1.79. The van der Waals surface area contributed by atoms with Crippen LogP contribution in [0.4, 0.5) is 5.82 Å². The van der Waals surface area contributed by atoms with E-state index in [1.54, 1.807) is 6.08 Å². The molecule has 0 radical (unpaired) electrons. The number of amides is 1. The Morgan fingerprint density at radius 3 is 2.91 bits per heavy atom. The van der Waals surface area contributed by atoms with Gasteiger partial charge in [-0.3, -0.25) is 9.89 Å². The summed E-state index contributed by atoms with van der Waals surface area (Å²) >= 11 is 7.45. The van der Waals surface area contributed by atoms with Crippen molar-refractivity contribution in [1.82, 2.24) is 15.5 Å². The molecular formula is C16H21ClN4OS. The number of carbonyl (C=O) groups is 1. The van der Waals surface area contributed by atoms with E-state index in [0.29, 0.717) is 17.8 Å². The van der Waals surface area contributed by atoms with Gasteiger partial charge in [0.05, 0.1) is 22.1 Å². The molecule has 0 saturated carbocycles. The minimum Gasteiger partial charge on any atom is -0.366 e. The second kappa shape index (κ2) is 8.17. The summed E-state index contributed by atoms with van der Waals surface area (Å²) in [5.41, 5.74) is 1.19. The fraction of sp³-hybridized carbons (Fsp3) is 0.375. The van der Waals surface area contributed by atoms with Crippen LogP contribution in [-0.2, 0) is 11.3 Å². The minimum absolute atomic E-state index is 0.107. The van der Waals surface area contributed by atoms with Crippen molar-refractivity contribution in [2.45, 2.75) is 39.8 Å². The Balaban J connectivity index is 2.00. The average Bonchev–Trinajstić information content (AvgIpc) is 3.15. The van der Waals surface area contributed by atoms with E-state index in [1.807, 2.05) is 39.0 Å². The van der Waals surface area contributed by atoms with E-state index in [4.69, 9.17) is 11.6 Å². The molecule has 0 fully saturated rings. The lowest BCUT2D eigenvalue weighted by atomic mass is 10.1. The first-order valence-corrected chi connectivity index (χ1v) is 8.74. The maximum atomic E-state index is 12.3. The molecular weight excluding hydrogens is 332 g/mol. The van der Waals surface area contributed by atoms with Gasteiger partial charge in [0.2, 0.25) is 0 Å². The molecule has 1 atom stereocenters. The molecule has 0 aromatic carbocycles. The van der Waals surface area contributed by atoms with Crippen molar-refractivity contribution in [3.63, 3.8) is 0 Å². The van der Waals surface area contributed by atoms with Crippen LogP contribution in [-0.4, -0.2) is 22.1 Å². The lowest BCUT2D eigenvalue weighted by Gasteiger charge is -2.12. The lowest BCUT2D eigenvalue weighted by Crippen LogP contribution is -2.32. The molecule has 3 N–H and O–H groups in total. The SMILES string of the molecule is C/C=C(\C(=O)NC(C)CC)c1cc(NCc2ccc(Cl)s2)[nH]n1. The van der Waals surface area contributed by atoms with Crippen LogP contribution in [0.3, 0.4) is 0 Å². The third kappa shape index (κ3) is 4.84. The minimum atomic E-state index is -0.107. The van der Waals surface area contributed by atoms with Gasteiger partial charge in [0.25, 0.3) is 5.91 Å². The lowest BCUT2D eigenvalue weighted by molar-refractivity contribution is -0.116. The number of nitrogens with zero attached hydrogens (tertiary/aromatic N) is 1. The highest BCUT2D eigenvalue weighted by Crippen LogP contribution is 2.22. The second-order valence-corrected chi connectivity index (χ2v) is 7.01. The number of nitrogens with one attached hydrogen (secondary N) is 3. The van der Waals surface area contributed by atoms with Crippen molar-refractivity contribution in [2.24, 2.45) is 0 Å². The van der Waals surface area contributed by atoms with Crippen LogP contribution in [0.5, 0.6) is 0 Å². The number of H-pyrrole nitrogens is 1. The summed E-state index contributed by atoms with van der Waals surface area (Å²) in [6.07, 6.45) is 2.66. The van der Waals surface area contributed by atoms with Gasteiger partial charge >= 0.3 is 0 Å². The summed E-state index contributed by atoms with van der Waals surface area (Å²) in [6, 6.07) is 5.82.